The summed E-state index contributed by atoms with van der Waals surface area (Å²) >= 11 is 0. The predicted octanol–water partition coefficient (Wildman–Crippen LogP) is 2.08. The van der Waals surface area contributed by atoms with Crippen molar-refractivity contribution in [1.29, 1.82) is 0 Å². The molecule has 3 N–H and O–H groups in total. The van der Waals surface area contributed by atoms with Crippen molar-refractivity contribution in [1.82, 2.24) is 14.9 Å². The highest BCUT2D eigenvalue weighted by molar-refractivity contribution is 6.09. The Morgan fingerprint density at radius 2 is 2.11 bits per heavy atom. The topological polar surface area (TPSA) is 99.2 Å². The molecule has 1 unspecified atom stereocenters. The Morgan fingerprint density at radius 3 is 2.93 bits per heavy atom. The molecule has 2 amide bonds. The minimum Gasteiger partial charge on any atom is -0.380 e. The van der Waals surface area contributed by atoms with E-state index in [4.69, 9.17) is 10.5 Å². The number of nitrogens with zero attached hydrogens (tertiary/aromatic N) is 2. The van der Waals surface area contributed by atoms with Gasteiger partial charge in [-0.05, 0) is 49.1 Å². The summed E-state index contributed by atoms with van der Waals surface area (Å²) in [7, 11) is 0. The molecule has 1 aliphatic heterocycles. The van der Waals surface area contributed by atoms with Crippen molar-refractivity contribution in [2.24, 2.45) is 5.73 Å². The average Bonchev–Trinajstić information content (AvgIpc) is 3.02. The number of imide groups is 1. The lowest BCUT2D eigenvalue weighted by molar-refractivity contribution is -0.135. The van der Waals surface area contributed by atoms with E-state index in [1.165, 1.54) is 5.56 Å². The maximum absolute atomic E-state index is 12.5. The molecule has 3 aromatic rings. The van der Waals surface area contributed by atoms with E-state index in [2.05, 4.69) is 28.5 Å². The number of rotatable bonds is 7. The van der Waals surface area contributed by atoms with Gasteiger partial charge in [0.05, 0.1) is 12.1 Å². The summed E-state index contributed by atoms with van der Waals surface area (Å²) in [6.07, 6.45) is 4.40. The number of nitrogens with one attached hydrogen (secondary N) is 1. The van der Waals surface area contributed by atoms with E-state index >= 15 is 0 Å². The monoisotopic (exact) mass is 380 g/mol. The zero-order valence-electron chi connectivity index (χ0n) is 15.7. The van der Waals surface area contributed by atoms with E-state index in [0.717, 1.165) is 34.8 Å². The third-order valence-electron chi connectivity index (χ3n) is 5.16. The first kappa shape index (κ1) is 18.6. The van der Waals surface area contributed by atoms with Gasteiger partial charge in [-0.2, -0.15) is 0 Å². The molecule has 146 valence electrons. The van der Waals surface area contributed by atoms with E-state index in [1.54, 1.807) is 6.20 Å². The molecule has 0 bridgehead atoms. The summed E-state index contributed by atoms with van der Waals surface area (Å²) in [5.41, 5.74) is 8.39. The van der Waals surface area contributed by atoms with Crippen LogP contribution in [0.5, 0.6) is 0 Å². The molecule has 1 atom stereocenters. The first-order valence-electron chi connectivity index (χ1n) is 9.68. The van der Waals surface area contributed by atoms with Crippen LogP contribution in [0.3, 0.4) is 0 Å². The van der Waals surface area contributed by atoms with Crippen LogP contribution < -0.4 is 11.1 Å². The Balaban J connectivity index is 1.69. The molecule has 4 rings (SSSR count). The maximum atomic E-state index is 12.5. The highest BCUT2D eigenvalue weighted by Gasteiger charge is 2.30. The number of pyridine rings is 1. The number of carbonyl (C=O) groups excluding carboxylic acids is 2. The van der Waals surface area contributed by atoms with Crippen molar-refractivity contribution >= 4 is 33.8 Å². The van der Waals surface area contributed by atoms with Gasteiger partial charge in [0, 0.05) is 36.5 Å². The molecular weight excluding hydrogens is 356 g/mol. The number of fused-ring (bicyclic) bond motifs is 3. The molecule has 3 heterocycles. The van der Waals surface area contributed by atoms with Crippen LogP contribution in [0, 0.1) is 0 Å². The summed E-state index contributed by atoms with van der Waals surface area (Å²) in [4.78, 5) is 28.6. The summed E-state index contributed by atoms with van der Waals surface area (Å²) in [5, 5.41) is 4.55. The first-order valence-corrected chi connectivity index (χ1v) is 9.68. The van der Waals surface area contributed by atoms with Crippen molar-refractivity contribution in [2.45, 2.75) is 31.7 Å². The minimum atomic E-state index is -0.428. The second-order valence-electron chi connectivity index (χ2n) is 7.07. The maximum Gasteiger partial charge on any atom is 0.249 e. The summed E-state index contributed by atoms with van der Waals surface area (Å²) in [6, 6.07) is 9.82. The lowest BCUT2D eigenvalue weighted by Crippen LogP contribution is -2.41. The summed E-state index contributed by atoms with van der Waals surface area (Å²) in [5.74, 6) is -0.476. The summed E-state index contributed by atoms with van der Waals surface area (Å²) in [6.45, 7) is 1.82. The van der Waals surface area contributed by atoms with Crippen LogP contribution in [0.4, 0.5) is 0 Å². The Morgan fingerprint density at radius 1 is 1.21 bits per heavy atom. The minimum absolute atomic E-state index is 0.214. The Hall–Kier alpha value is -2.77. The second-order valence-corrected chi connectivity index (χ2v) is 7.07. The Bertz CT molecular complexity index is 1030. The number of hydrogen-bond acceptors (Lipinski definition) is 5. The number of aromatic nitrogens is 2. The molecule has 2 aromatic heterocycles. The highest BCUT2D eigenvalue weighted by atomic mass is 16.5. The van der Waals surface area contributed by atoms with E-state index < -0.39 is 6.04 Å². The zero-order valence-corrected chi connectivity index (χ0v) is 15.7. The lowest BCUT2D eigenvalue weighted by atomic mass is 10.0. The highest BCUT2D eigenvalue weighted by Crippen LogP contribution is 2.34. The normalized spacial score (nSPS) is 17.4. The molecule has 0 radical (unpaired) electrons. The lowest BCUT2D eigenvalue weighted by Gasteiger charge is -2.23. The van der Waals surface area contributed by atoms with E-state index in [9.17, 15) is 9.59 Å². The van der Waals surface area contributed by atoms with Gasteiger partial charge in [0.25, 0.3) is 0 Å². The van der Waals surface area contributed by atoms with Gasteiger partial charge in [0.1, 0.15) is 11.7 Å². The average molecular weight is 380 g/mol. The SMILES string of the molecule is NCCOCCCc1ccc2c(c1)c1cccnc1n2C1CCC(=O)NC1=O. The number of piperidine rings is 1. The van der Waals surface area contributed by atoms with E-state index in [1.807, 2.05) is 16.7 Å². The van der Waals surface area contributed by atoms with Crippen molar-refractivity contribution in [3.05, 3.63) is 42.1 Å². The number of nitrogens with two attached hydrogens (primary N) is 1. The molecule has 1 saturated heterocycles. The van der Waals surface area contributed by atoms with Crippen molar-refractivity contribution in [3.63, 3.8) is 0 Å². The number of carbonyl (C=O) groups is 2. The van der Waals surface area contributed by atoms with Gasteiger partial charge in [-0.15, -0.1) is 0 Å². The number of hydrogen-bond donors (Lipinski definition) is 2. The van der Waals surface area contributed by atoms with E-state index in [0.29, 0.717) is 32.6 Å². The van der Waals surface area contributed by atoms with Gasteiger partial charge in [0.15, 0.2) is 0 Å². The van der Waals surface area contributed by atoms with E-state index in [-0.39, 0.29) is 11.8 Å². The molecule has 28 heavy (non-hydrogen) atoms. The second kappa shape index (κ2) is 8.08. The molecule has 0 aliphatic carbocycles. The van der Waals surface area contributed by atoms with Crippen molar-refractivity contribution in [2.75, 3.05) is 19.8 Å². The number of aryl methyl sites for hydroxylation is 1. The third kappa shape index (κ3) is 3.50. The smallest absolute Gasteiger partial charge is 0.249 e. The van der Waals surface area contributed by atoms with Crippen LogP contribution in [0.2, 0.25) is 0 Å². The fraction of sp³-hybridized carbons (Fsp3) is 0.381. The molecular formula is C21H24N4O3. The molecule has 7 heteroatoms. The van der Waals surface area contributed by atoms with Crippen LogP contribution in [0.1, 0.15) is 30.9 Å². The first-order chi connectivity index (χ1) is 13.7. The van der Waals surface area contributed by atoms with Gasteiger partial charge in [-0.1, -0.05) is 6.07 Å². The number of ether oxygens (including phenoxy) is 1. The van der Waals surface area contributed by atoms with Gasteiger partial charge >= 0.3 is 0 Å². The van der Waals surface area contributed by atoms with Crippen molar-refractivity contribution < 1.29 is 14.3 Å². The number of benzene rings is 1. The predicted molar refractivity (Wildman–Crippen MR) is 107 cm³/mol. The Kier molecular flexibility index (Phi) is 5.36. The van der Waals surface area contributed by atoms with Crippen LogP contribution in [0.15, 0.2) is 36.5 Å². The van der Waals surface area contributed by atoms with Crippen LogP contribution in [-0.4, -0.2) is 41.1 Å². The Labute approximate surface area is 162 Å². The van der Waals surface area contributed by atoms with Gasteiger partial charge in [-0.3, -0.25) is 14.9 Å². The fourth-order valence-electron chi connectivity index (χ4n) is 3.89. The molecule has 1 fully saturated rings. The molecule has 1 aliphatic rings. The van der Waals surface area contributed by atoms with Crippen LogP contribution in [-0.2, 0) is 20.7 Å². The van der Waals surface area contributed by atoms with Crippen LogP contribution in [0.25, 0.3) is 21.9 Å². The van der Waals surface area contributed by atoms with Crippen molar-refractivity contribution in [3.8, 4) is 0 Å². The largest absolute Gasteiger partial charge is 0.380 e. The number of amides is 2. The molecule has 0 spiro atoms. The van der Waals surface area contributed by atoms with Gasteiger partial charge in [-0.25, -0.2) is 4.98 Å². The molecule has 1 aromatic carbocycles. The van der Waals surface area contributed by atoms with Gasteiger partial charge in [0.2, 0.25) is 11.8 Å². The van der Waals surface area contributed by atoms with Crippen LogP contribution >= 0.6 is 0 Å². The third-order valence-corrected chi connectivity index (χ3v) is 5.16. The summed E-state index contributed by atoms with van der Waals surface area (Å²) < 4.78 is 7.43. The van der Waals surface area contributed by atoms with Gasteiger partial charge < -0.3 is 15.0 Å². The molecule has 7 nitrogen and oxygen atoms in total. The standard InChI is InChI=1S/C21H24N4O3/c22-9-12-28-11-2-3-14-5-6-17-16(13-14)15-4-1-10-23-20(15)25(17)18-7-8-19(26)24-21(18)27/h1,4-6,10,13,18H,2-3,7-9,11-12,22H2,(H,24,26,27). The fourth-order valence-corrected chi connectivity index (χ4v) is 3.89. The zero-order chi connectivity index (χ0) is 19.5. The molecule has 0 saturated carbocycles. The quantitative estimate of drug-likeness (QED) is 0.483.